The summed E-state index contributed by atoms with van der Waals surface area (Å²) in [5.74, 6) is -0.958. The fourth-order valence-electron chi connectivity index (χ4n) is 3.83. The van der Waals surface area contributed by atoms with Gasteiger partial charge in [-0.05, 0) is 36.4 Å². The smallest absolute Gasteiger partial charge is 0.337 e. The van der Waals surface area contributed by atoms with Crippen LogP contribution in [0.1, 0.15) is 27.3 Å². The number of methoxy groups -OCH3 is 1. The summed E-state index contributed by atoms with van der Waals surface area (Å²) < 4.78 is 9.82. The summed E-state index contributed by atoms with van der Waals surface area (Å²) in [4.78, 5) is 54.3. The number of carbonyl (C=O) groups is 4. The van der Waals surface area contributed by atoms with Gasteiger partial charge in [0.1, 0.15) is 0 Å². The van der Waals surface area contributed by atoms with Crippen LogP contribution in [0.25, 0.3) is 0 Å². The minimum atomic E-state index is -0.557. The van der Waals surface area contributed by atoms with Gasteiger partial charge < -0.3 is 14.1 Å². The Labute approximate surface area is 172 Å². The van der Waals surface area contributed by atoms with Gasteiger partial charge in [0, 0.05) is 26.2 Å². The highest BCUT2D eigenvalue weighted by atomic mass is 16.5. The molecule has 9 heteroatoms. The Kier molecular flexibility index (Phi) is 5.37. The van der Waals surface area contributed by atoms with Gasteiger partial charge in [-0.15, -0.1) is 0 Å². The van der Waals surface area contributed by atoms with E-state index in [-0.39, 0.29) is 29.9 Å². The van der Waals surface area contributed by atoms with Crippen molar-refractivity contribution >= 4 is 29.4 Å². The summed E-state index contributed by atoms with van der Waals surface area (Å²) in [6.45, 7) is 1.88. The second-order valence-electron chi connectivity index (χ2n) is 7.13. The van der Waals surface area contributed by atoms with Gasteiger partial charge in [-0.3, -0.25) is 19.3 Å². The summed E-state index contributed by atoms with van der Waals surface area (Å²) in [5, 5.41) is 0. The van der Waals surface area contributed by atoms with Crippen LogP contribution in [0.3, 0.4) is 0 Å². The van der Waals surface area contributed by atoms with Crippen LogP contribution in [-0.4, -0.2) is 72.8 Å². The number of piperazine rings is 1. The van der Waals surface area contributed by atoms with Crippen LogP contribution in [0, 0.1) is 0 Å². The van der Waals surface area contributed by atoms with Gasteiger partial charge in [-0.1, -0.05) is 0 Å². The highest BCUT2D eigenvalue weighted by Gasteiger charge is 2.43. The fourth-order valence-corrected chi connectivity index (χ4v) is 3.83. The van der Waals surface area contributed by atoms with Gasteiger partial charge in [0.2, 0.25) is 5.91 Å². The Bertz CT molecular complexity index is 961. The van der Waals surface area contributed by atoms with Gasteiger partial charge >= 0.3 is 5.97 Å². The minimum absolute atomic E-state index is 0.0870. The fraction of sp³-hybridized carbons (Fsp3) is 0.333. The molecule has 3 amide bonds. The van der Waals surface area contributed by atoms with Crippen molar-refractivity contribution in [2.45, 2.75) is 12.5 Å². The maximum atomic E-state index is 13.0. The molecule has 1 aromatic heterocycles. The van der Waals surface area contributed by atoms with E-state index in [0.29, 0.717) is 37.4 Å². The van der Waals surface area contributed by atoms with E-state index in [9.17, 15) is 19.2 Å². The maximum Gasteiger partial charge on any atom is 0.337 e. The van der Waals surface area contributed by atoms with Gasteiger partial charge in [-0.2, -0.15) is 0 Å². The van der Waals surface area contributed by atoms with E-state index in [4.69, 9.17) is 4.42 Å². The van der Waals surface area contributed by atoms with Crippen molar-refractivity contribution in [3.8, 4) is 0 Å². The van der Waals surface area contributed by atoms with Crippen LogP contribution in [0.2, 0.25) is 0 Å². The molecule has 0 spiro atoms. The Morgan fingerprint density at radius 3 is 2.33 bits per heavy atom. The van der Waals surface area contributed by atoms with Crippen LogP contribution in [0.15, 0.2) is 47.1 Å². The van der Waals surface area contributed by atoms with Crippen LogP contribution >= 0.6 is 0 Å². The van der Waals surface area contributed by atoms with Crippen molar-refractivity contribution in [2.75, 3.05) is 38.2 Å². The Morgan fingerprint density at radius 1 is 1.03 bits per heavy atom. The van der Waals surface area contributed by atoms with Gasteiger partial charge in [0.25, 0.3) is 11.8 Å². The van der Waals surface area contributed by atoms with E-state index in [2.05, 4.69) is 4.74 Å². The van der Waals surface area contributed by atoms with Crippen molar-refractivity contribution in [2.24, 2.45) is 0 Å². The molecule has 156 valence electrons. The van der Waals surface area contributed by atoms with Crippen molar-refractivity contribution in [1.82, 2.24) is 9.80 Å². The zero-order valence-corrected chi connectivity index (χ0v) is 16.4. The second kappa shape index (κ2) is 8.11. The predicted octanol–water partition coefficient (Wildman–Crippen LogP) is 1.16. The molecule has 1 aromatic carbocycles. The molecule has 2 aliphatic heterocycles. The number of amides is 3. The Balaban J connectivity index is 1.41. The first-order valence-electron chi connectivity index (χ1n) is 9.61. The standard InChI is InChI=1S/C21H21N3O6/c1-29-21(28)14-4-6-15(7-5-14)24-18(25)13-16(19(24)26)22-8-10-23(11-9-22)20(27)17-3-2-12-30-17/h2-7,12,16H,8-11,13H2,1H3/t16-/m1/s1. The number of carbonyl (C=O) groups excluding carboxylic acids is 4. The topological polar surface area (TPSA) is 100 Å². The van der Waals surface area contributed by atoms with Crippen molar-refractivity contribution in [3.63, 3.8) is 0 Å². The summed E-state index contributed by atoms with van der Waals surface area (Å²) >= 11 is 0. The van der Waals surface area contributed by atoms with Crippen LogP contribution in [-0.2, 0) is 14.3 Å². The molecule has 9 nitrogen and oxygen atoms in total. The molecule has 0 aliphatic carbocycles. The number of imide groups is 1. The number of anilines is 1. The molecule has 3 heterocycles. The number of ether oxygens (including phenoxy) is 1. The first-order valence-corrected chi connectivity index (χ1v) is 9.61. The number of rotatable bonds is 4. The number of furan rings is 1. The number of hydrogen-bond acceptors (Lipinski definition) is 7. The molecule has 2 saturated heterocycles. The largest absolute Gasteiger partial charge is 0.465 e. The quantitative estimate of drug-likeness (QED) is 0.550. The number of benzene rings is 1. The normalized spacial score (nSPS) is 20.0. The van der Waals surface area contributed by atoms with Crippen LogP contribution < -0.4 is 4.90 Å². The Morgan fingerprint density at radius 2 is 1.73 bits per heavy atom. The first-order chi connectivity index (χ1) is 14.5. The maximum absolute atomic E-state index is 13.0. The predicted molar refractivity (Wildman–Crippen MR) is 105 cm³/mol. The molecule has 2 fully saturated rings. The van der Waals surface area contributed by atoms with E-state index in [1.165, 1.54) is 25.5 Å². The summed E-state index contributed by atoms with van der Waals surface area (Å²) in [7, 11) is 1.29. The molecule has 0 unspecified atom stereocenters. The van der Waals surface area contributed by atoms with E-state index in [1.807, 2.05) is 4.90 Å². The molecule has 2 aromatic rings. The van der Waals surface area contributed by atoms with E-state index in [0.717, 1.165) is 4.90 Å². The lowest BCUT2D eigenvalue weighted by molar-refractivity contribution is -0.123. The summed E-state index contributed by atoms with van der Waals surface area (Å²) in [6.07, 6.45) is 1.54. The lowest BCUT2D eigenvalue weighted by Crippen LogP contribution is -2.53. The third kappa shape index (κ3) is 3.59. The van der Waals surface area contributed by atoms with E-state index in [1.54, 1.807) is 29.2 Å². The average molecular weight is 411 g/mol. The molecule has 2 aliphatic rings. The summed E-state index contributed by atoms with van der Waals surface area (Å²) in [6, 6.07) is 8.89. The van der Waals surface area contributed by atoms with Crippen molar-refractivity contribution in [3.05, 3.63) is 54.0 Å². The molecule has 0 N–H and O–H groups in total. The monoisotopic (exact) mass is 411 g/mol. The van der Waals surface area contributed by atoms with E-state index >= 15 is 0 Å². The minimum Gasteiger partial charge on any atom is -0.465 e. The van der Waals surface area contributed by atoms with Gasteiger partial charge in [-0.25, -0.2) is 9.69 Å². The third-order valence-electron chi connectivity index (χ3n) is 5.44. The average Bonchev–Trinajstić information content (AvgIpc) is 3.41. The van der Waals surface area contributed by atoms with Crippen LogP contribution in [0.5, 0.6) is 0 Å². The highest BCUT2D eigenvalue weighted by Crippen LogP contribution is 2.27. The van der Waals surface area contributed by atoms with Crippen molar-refractivity contribution in [1.29, 1.82) is 0 Å². The third-order valence-corrected chi connectivity index (χ3v) is 5.44. The molecule has 0 saturated carbocycles. The molecule has 4 rings (SSSR count). The number of esters is 1. The zero-order valence-electron chi connectivity index (χ0n) is 16.4. The number of hydrogen-bond donors (Lipinski definition) is 0. The van der Waals surface area contributed by atoms with Gasteiger partial charge in [0.15, 0.2) is 5.76 Å². The van der Waals surface area contributed by atoms with Gasteiger partial charge in [0.05, 0.1) is 37.1 Å². The lowest BCUT2D eigenvalue weighted by Gasteiger charge is -2.36. The zero-order chi connectivity index (χ0) is 21.3. The molecule has 0 radical (unpaired) electrons. The summed E-state index contributed by atoms with van der Waals surface area (Å²) in [5.41, 5.74) is 0.765. The number of nitrogens with zero attached hydrogens (tertiary/aromatic N) is 3. The SMILES string of the molecule is COC(=O)c1ccc(N2C(=O)C[C@@H](N3CCN(C(=O)c4ccco4)CC3)C2=O)cc1. The second-order valence-corrected chi connectivity index (χ2v) is 7.13. The molecule has 30 heavy (non-hydrogen) atoms. The molecule has 1 atom stereocenters. The highest BCUT2D eigenvalue weighted by molar-refractivity contribution is 6.22. The van der Waals surface area contributed by atoms with Crippen molar-refractivity contribution < 1.29 is 28.3 Å². The Hall–Kier alpha value is -3.46. The molecular weight excluding hydrogens is 390 g/mol. The lowest BCUT2D eigenvalue weighted by atomic mass is 10.1. The molecule has 0 bridgehead atoms. The first kappa shape index (κ1) is 19.8. The molecular formula is C21H21N3O6. The van der Waals surface area contributed by atoms with Crippen LogP contribution in [0.4, 0.5) is 5.69 Å². The van der Waals surface area contributed by atoms with E-state index < -0.39 is 12.0 Å².